The first-order chi connectivity index (χ1) is 16.3. The Morgan fingerprint density at radius 3 is 2.26 bits per heavy atom. The molecule has 0 spiro atoms. The van der Waals surface area contributed by atoms with E-state index in [1.807, 2.05) is 0 Å². The fourth-order valence-electron chi connectivity index (χ4n) is 3.83. The molecular formula is C26H20BrNO6. The van der Waals surface area contributed by atoms with Gasteiger partial charge in [0.2, 0.25) is 0 Å². The lowest BCUT2D eigenvalue weighted by Gasteiger charge is -2.26. The SMILES string of the molecule is COc1ccc(N2C(=O)C(=O)/C(=C(\O)c3ccc(Br)cc3)C2c2cccc(OC(C)=O)c2)cc1. The van der Waals surface area contributed by atoms with Crippen molar-refractivity contribution in [2.24, 2.45) is 0 Å². The third-order valence-electron chi connectivity index (χ3n) is 5.35. The second-order valence-electron chi connectivity index (χ2n) is 7.54. The molecule has 0 aromatic heterocycles. The van der Waals surface area contributed by atoms with E-state index >= 15 is 0 Å². The quantitative estimate of drug-likeness (QED) is 0.167. The number of ether oxygens (including phenoxy) is 2. The second-order valence-corrected chi connectivity index (χ2v) is 8.46. The van der Waals surface area contributed by atoms with Gasteiger partial charge >= 0.3 is 5.97 Å². The highest BCUT2D eigenvalue weighted by Gasteiger charge is 2.47. The number of ketones is 1. The first kappa shape index (κ1) is 23.3. The van der Waals surface area contributed by atoms with Crippen molar-refractivity contribution in [1.82, 2.24) is 0 Å². The van der Waals surface area contributed by atoms with E-state index in [0.717, 1.165) is 4.47 Å². The Hall–Kier alpha value is -3.91. The fraction of sp³-hybridized carbons (Fsp3) is 0.115. The number of carbonyl (C=O) groups is 3. The minimum absolute atomic E-state index is 0.0666. The molecule has 0 aliphatic carbocycles. The summed E-state index contributed by atoms with van der Waals surface area (Å²) in [6, 6.07) is 19.0. The molecule has 1 fully saturated rings. The van der Waals surface area contributed by atoms with Crippen molar-refractivity contribution in [3.63, 3.8) is 0 Å². The number of hydrogen-bond acceptors (Lipinski definition) is 6. The van der Waals surface area contributed by atoms with Gasteiger partial charge in [-0.3, -0.25) is 19.3 Å². The number of carbonyl (C=O) groups excluding carboxylic acids is 3. The van der Waals surface area contributed by atoms with Gasteiger partial charge in [-0.1, -0.05) is 40.2 Å². The largest absolute Gasteiger partial charge is 0.507 e. The van der Waals surface area contributed by atoms with E-state index in [1.165, 1.54) is 18.9 Å². The van der Waals surface area contributed by atoms with E-state index < -0.39 is 23.7 Å². The topological polar surface area (TPSA) is 93.1 Å². The summed E-state index contributed by atoms with van der Waals surface area (Å²) in [5.41, 5.74) is 1.26. The van der Waals surface area contributed by atoms with Crippen LogP contribution in [0.1, 0.15) is 24.1 Å². The van der Waals surface area contributed by atoms with Crippen LogP contribution in [0.5, 0.6) is 11.5 Å². The van der Waals surface area contributed by atoms with Gasteiger partial charge in [0.15, 0.2) is 0 Å². The van der Waals surface area contributed by atoms with E-state index in [9.17, 15) is 19.5 Å². The number of amides is 1. The molecule has 1 heterocycles. The number of nitrogens with zero attached hydrogens (tertiary/aromatic N) is 1. The van der Waals surface area contributed by atoms with E-state index in [1.54, 1.807) is 72.8 Å². The monoisotopic (exact) mass is 521 g/mol. The van der Waals surface area contributed by atoms with Crippen LogP contribution in [0.4, 0.5) is 5.69 Å². The Morgan fingerprint density at radius 2 is 1.65 bits per heavy atom. The highest BCUT2D eigenvalue weighted by atomic mass is 79.9. The second kappa shape index (κ2) is 9.52. The molecule has 1 aliphatic heterocycles. The third kappa shape index (κ3) is 4.45. The predicted octanol–water partition coefficient (Wildman–Crippen LogP) is 5.01. The summed E-state index contributed by atoms with van der Waals surface area (Å²) in [4.78, 5) is 39.2. The van der Waals surface area contributed by atoms with Gasteiger partial charge < -0.3 is 14.6 Å². The molecule has 0 saturated carbocycles. The number of hydrogen-bond donors (Lipinski definition) is 1. The minimum Gasteiger partial charge on any atom is -0.507 e. The molecule has 7 nitrogen and oxygen atoms in total. The van der Waals surface area contributed by atoms with Crippen LogP contribution in [-0.4, -0.2) is 29.9 Å². The molecule has 1 N–H and O–H groups in total. The predicted molar refractivity (Wildman–Crippen MR) is 130 cm³/mol. The van der Waals surface area contributed by atoms with Gasteiger partial charge in [-0.2, -0.15) is 0 Å². The molecule has 3 aromatic carbocycles. The molecule has 0 bridgehead atoms. The molecule has 4 rings (SSSR count). The highest BCUT2D eigenvalue weighted by Crippen LogP contribution is 2.43. The smallest absolute Gasteiger partial charge is 0.308 e. The molecule has 1 aliphatic rings. The molecule has 1 saturated heterocycles. The van der Waals surface area contributed by atoms with Crippen molar-refractivity contribution >= 4 is 45.0 Å². The molecule has 1 unspecified atom stereocenters. The molecule has 1 amide bonds. The van der Waals surface area contributed by atoms with Crippen molar-refractivity contribution in [2.75, 3.05) is 12.0 Å². The minimum atomic E-state index is -0.951. The van der Waals surface area contributed by atoms with Crippen LogP contribution in [0, 0.1) is 0 Å². The first-order valence-corrected chi connectivity index (χ1v) is 11.1. The van der Waals surface area contributed by atoms with Crippen molar-refractivity contribution in [3.05, 3.63) is 94.0 Å². The standard InChI is InChI=1S/C26H20BrNO6/c1-15(29)34-21-5-3-4-17(14-21)23-22(24(30)16-6-8-18(27)9-7-16)25(31)26(32)28(23)19-10-12-20(33-2)13-11-19/h3-14,23,30H,1-2H3/b24-22-. The van der Waals surface area contributed by atoms with Gasteiger partial charge in [-0.05, 0) is 54.1 Å². The number of rotatable bonds is 5. The van der Waals surface area contributed by atoms with Gasteiger partial charge in [-0.15, -0.1) is 0 Å². The number of benzene rings is 3. The van der Waals surface area contributed by atoms with Gasteiger partial charge in [0.05, 0.1) is 18.7 Å². The van der Waals surface area contributed by atoms with Crippen LogP contribution >= 0.6 is 15.9 Å². The molecule has 1 atom stereocenters. The molecule has 0 radical (unpaired) electrons. The normalized spacial score (nSPS) is 17.0. The van der Waals surface area contributed by atoms with Crippen molar-refractivity contribution in [2.45, 2.75) is 13.0 Å². The van der Waals surface area contributed by atoms with Crippen LogP contribution in [0.25, 0.3) is 5.76 Å². The van der Waals surface area contributed by atoms with Gasteiger partial charge in [0, 0.05) is 22.6 Å². The Kier molecular flexibility index (Phi) is 6.51. The van der Waals surface area contributed by atoms with Gasteiger partial charge in [0.25, 0.3) is 11.7 Å². The summed E-state index contributed by atoms with van der Waals surface area (Å²) in [7, 11) is 1.53. The summed E-state index contributed by atoms with van der Waals surface area (Å²) >= 11 is 3.35. The van der Waals surface area contributed by atoms with E-state index in [4.69, 9.17) is 9.47 Å². The van der Waals surface area contributed by atoms with Crippen molar-refractivity contribution in [3.8, 4) is 11.5 Å². The van der Waals surface area contributed by atoms with Crippen LogP contribution in [0.15, 0.2) is 82.8 Å². The van der Waals surface area contributed by atoms with E-state index in [-0.39, 0.29) is 17.1 Å². The van der Waals surface area contributed by atoms with Gasteiger partial charge in [0.1, 0.15) is 17.3 Å². The van der Waals surface area contributed by atoms with Gasteiger partial charge in [-0.25, -0.2) is 0 Å². The Balaban J connectivity index is 1.92. The summed E-state index contributed by atoms with van der Waals surface area (Å²) in [6.45, 7) is 1.28. The lowest BCUT2D eigenvalue weighted by Crippen LogP contribution is -2.29. The Bertz CT molecular complexity index is 1300. The molecule has 172 valence electrons. The summed E-state index contributed by atoms with van der Waals surface area (Å²) in [5, 5.41) is 11.2. The lowest BCUT2D eigenvalue weighted by atomic mass is 9.95. The van der Waals surface area contributed by atoms with E-state index in [0.29, 0.717) is 22.6 Å². The van der Waals surface area contributed by atoms with E-state index in [2.05, 4.69) is 15.9 Å². The number of Topliss-reactive ketones (excluding diaryl/α,β-unsaturated/α-hetero) is 1. The maximum Gasteiger partial charge on any atom is 0.308 e. The van der Waals surface area contributed by atoms with Crippen LogP contribution in [-0.2, 0) is 14.4 Å². The Morgan fingerprint density at radius 1 is 0.971 bits per heavy atom. The van der Waals surface area contributed by atoms with Crippen molar-refractivity contribution < 1.29 is 29.0 Å². The number of anilines is 1. The zero-order valence-electron chi connectivity index (χ0n) is 18.3. The number of aliphatic hydroxyl groups is 1. The summed E-state index contributed by atoms with van der Waals surface area (Å²) in [6.07, 6.45) is 0. The average molecular weight is 522 g/mol. The number of aliphatic hydroxyl groups excluding tert-OH is 1. The number of esters is 1. The van der Waals surface area contributed by atoms with Crippen molar-refractivity contribution in [1.29, 1.82) is 0 Å². The first-order valence-electron chi connectivity index (χ1n) is 10.3. The summed E-state index contributed by atoms with van der Waals surface area (Å²) in [5.74, 6) is -1.57. The van der Waals surface area contributed by atoms with Crippen LogP contribution in [0.3, 0.4) is 0 Å². The highest BCUT2D eigenvalue weighted by molar-refractivity contribution is 9.10. The zero-order chi connectivity index (χ0) is 24.4. The molecular weight excluding hydrogens is 502 g/mol. The number of methoxy groups -OCH3 is 1. The van der Waals surface area contributed by atoms with Crippen LogP contribution in [0.2, 0.25) is 0 Å². The maximum absolute atomic E-state index is 13.2. The zero-order valence-corrected chi connectivity index (χ0v) is 19.9. The lowest BCUT2D eigenvalue weighted by molar-refractivity contribution is -0.132. The molecule has 8 heteroatoms. The maximum atomic E-state index is 13.2. The van der Waals surface area contributed by atoms with Crippen LogP contribution < -0.4 is 14.4 Å². The summed E-state index contributed by atoms with van der Waals surface area (Å²) < 4.78 is 11.2. The third-order valence-corrected chi connectivity index (χ3v) is 5.88. The molecule has 34 heavy (non-hydrogen) atoms. The molecule has 3 aromatic rings. The Labute approximate surface area is 204 Å². The average Bonchev–Trinajstić information content (AvgIpc) is 3.09. The fourth-order valence-corrected chi connectivity index (χ4v) is 4.10. The number of halogens is 1.